The number of aliphatic carboxylic acids is 1. The van der Waals surface area contributed by atoms with Crippen LogP contribution in [0.3, 0.4) is 0 Å². The summed E-state index contributed by atoms with van der Waals surface area (Å²) in [5.74, 6) is -2.60. The van der Waals surface area contributed by atoms with E-state index < -0.39 is 30.3 Å². The van der Waals surface area contributed by atoms with Gasteiger partial charge in [-0.1, -0.05) is 12.1 Å². The Bertz CT molecular complexity index is 528. The molecule has 0 aliphatic heterocycles. The SMILES string of the molecule is COCc1cccc(C(=O)N[C@@H](CC(=O)OC)C(=O)O)c1. The van der Waals surface area contributed by atoms with Crippen LogP contribution in [0.2, 0.25) is 0 Å². The van der Waals surface area contributed by atoms with E-state index in [1.54, 1.807) is 24.3 Å². The minimum atomic E-state index is -1.34. The number of esters is 1. The highest BCUT2D eigenvalue weighted by Gasteiger charge is 2.24. The summed E-state index contributed by atoms with van der Waals surface area (Å²) in [6.07, 6.45) is -0.435. The van der Waals surface area contributed by atoms with E-state index in [-0.39, 0.29) is 0 Å². The van der Waals surface area contributed by atoms with Gasteiger partial charge in [-0.3, -0.25) is 9.59 Å². The fraction of sp³-hybridized carbons (Fsp3) is 0.357. The molecule has 1 aromatic rings. The van der Waals surface area contributed by atoms with E-state index in [1.165, 1.54) is 7.11 Å². The molecule has 1 atom stereocenters. The Morgan fingerprint density at radius 1 is 1.29 bits per heavy atom. The number of carboxylic acids is 1. The predicted molar refractivity (Wildman–Crippen MR) is 72.7 cm³/mol. The van der Waals surface area contributed by atoms with Crippen LogP contribution in [-0.4, -0.2) is 43.2 Å². The van der Waals surface area contributed by atoms with E-state index in [9.17, 15) is 14.4 Å². The van der Waals surface area contributed by atoms with Gasteiger partial charge in [0.1, 0.15) is 6.04 Å². The highest BCUT2D eigenvalue weighted by molar-refractivity contribution is 5.97. The Kier molecular flexibility index (Phi) is 6.35. The van der Waals surface area contributed by atoms with Crippen LogP contribution in [0.1, 0.15) is 22.3 Å². The van der Waals surface area contributed by atoms with Crippen molar-refractivity contribution >= 4 is 17.8 Å². The molecule has 0 fully saturated rings. The summed E-state index contributed by atoms with van der Waals surface area (Å²) in [6, 6.07) is 5.25. The monoisotopic (exact) mass is 295 g/mol. The molecule has 7 heteroatoms. The van der Waals surface area contributed by atoms with Crippen LogP contribution in [-0.2, 0) is 25.7 Å². The maximum absolute atomic E-state index is 12.0. The lowest BCUT2D eigenvalue weighted by molar-refractivity contribution is -0.147. The molecule has 0 unspecified atom stereocenters. The molecule has 1 aromatic carbocycles. The van der Waals surface area contributed by atoms with Gasteiger partial charge in [0.15, 0.2) is 0 Å². The molecule has 21 heavy (non-hydrogen) atoms. The molecule has 0 aliphatic rings. The summed E-state index contributed by atoms with van der Waals surface area (Å²) in [5, 5.41) is 11.3. The van der Waals surface area contributed by atoms with Crippen LogP contribution in [0.25, 0.3) is 0 Å². The van der Waals surface area contributed by atoms with Gasteiger partial charge in [0.25, 0.3) is 5.91 Å². The Morgan fingerprint density at radius 3 is 2.57 bits per heavy atom. The zero-order valence-corrected chi connectivity index (χ0v) is 11.8. The molecular weight excluding hydrogens is 278 g/mol. The molecule has 0 saturated heterocycles. The van der Waals surface area contributed by atoms with Crippen molar-refractivity contribution in [2.75, 3.05) is 14.2 Å². The third-order valence-corrected chi connectivity index (χ3v) is 2.70. The van der Waals surface area contributed by atoms with Crippen LogP contribution in [0.4, 0.5) is 0 Å². The van der Waals surface area contributed by atoms with Gasteiger partial charge < -0.3 is 19.9 Å². The van der Waals surface area contributed by atoms with Crippen molar-refractivity contribution in [2.24, 2.45) is 0 Å². The molecule has 0 spiro atoms. The molecule has 0 aliphatic carbocycles. The number of ether oxygens (including phenoxy) is 2. The number of amides is 1. The van der Waals surface area contributed by atoms with Crippen LogP contribution in [0, 0.1) is 0 Å². The first-order chi connectivity index (χ1) is 9.97. The van der Waals surface area contributed by atoms with E-state index in [0.717, 1.165) is 12.7 Å². The van der Waals surface area contributed by atoms with E-state index in [4.69, 9.17) is 9.84 Å². The first-order valence-corrected chi connectivity index (χ1v) is 6.16. The molecule has 2 N–H and O–H groups in total. The van der Waals surface area contributed by atoms with Gasteiger partial charge in [-0.25, -0.2) is 4.79 Å². The number of carbonyl (C=O) groups is 3. The maximum atomic E-state index is 12.0. The van der Waals surface area contributed by atoms with Crippen LogP contribution in [0.15, 0.2) is 24.3 Å². The quantitative estimate of drug-likeness (QED) is 0.713. The van der Waals surface area contributed by atoms with E-state index in [0.29, 0.717) is 12.2 Å². The first-order valence-electron chi connectivity index (χ1n) is 6.16. The third kappa shape index (κ3) is 5.23. The molecule has 0 heterocycles. The number of carbonyl (C=O) groups excluding carboxylic acids is 2. The van der Waals surface area contributed by atoms with Crippen molar-refractivity contribution in [3.8, 4) is 0 Å². The topological polar surface area (TPSA) is 102 Å². The average molecular weight is 295 g/mol. The summed E-state index contributed by atoms with van der Waals surface area (Å²) in [7, 11) is 2.68. The Labute approximate surface area is 121 Å². The molecule has 1 rings (SSSR count). The second-order valence-electron chi connectivity index (χ2n) is 4.28. The maximum Gasteiger partial charge on any atom is 0.326 e. The fourth-order valence-corrected chi connectivity index (χ4v) is 1.66. The molecule has 1 amide bonds. The molecule has 0 saturated carbocycles. The minimum absolute atomic E-state index is 0.292. The largest absolute Gasteiger partial charge is 0.480 e. The fourth-order valence-electron chi connectivity index (χ4n) is 1.66. The number of carboxylic acid groups (broad SMARTS) is 1. The minimum Gasteiger partial charge on any atom is -0.480 e. The van der Waals surface area contributed by atoms with E-state index in [2.05, 4.69) is 10.1 Å². The van der Waals surface area contributed by atoms with Crippen LogP contribution >= 0.6 is 0 Å². The van der Waals surface area contributed by atoms with Gasteiger partial charge in [0.2, 0.25) is 0 Å². The molecular formula is C14H17NO6. The second kappa shape index (κ2) is 8.01. The number of benzene rings is 1. The Hall–Kier alpha value is -2.41. The average Bonchev–Trinajstić information content (AvgIpc) is 2.46. The van der Waals surface area contributed by atoms with Gasteiger partial charge in [-0.05, 0) is 17.7 Å². The van der Waals surface area contributed by atoms with Gasteiger partial charge in [-0.15, -0.1) is 0 Å². The molecule has 0 aromatic heterocycles. The summed E-state index contributed by atoms with van der Waals surface area (Å²) < 4.78 is 9.36. The summed E-state index contributed by atoms with van der Waals surface area (Å²) in [6.45, 7) is 0.339. The molecule has 7 nitrogen and oxygen atoms in total. The highest BCUT2D eigenvalue weighted by atomic mass is 16.5. The molecule has 0 bridgehead atoms. The van der Waals surface area contributed by atoms with Crippen LogP contribution in [0.5, 0.6) is 0 Å². The highest BCUT2D eigenvalue weighted by Crippen LogP contribution is 2.07. The molecule has 114 valence electrons. The molecule has 0 radical (unpaired) electrons. The number of methoxy groups -OCH3 is 2. The zero-order chi connectivity index (χ0) is 15.8. The van der Waals surface area contributed by atoms with Gasteiger partial charge in [0, 0.05) is 12.7 Å². The first kappa shape index (κ1) is 16.6. The Morgan fingerprint density at radius 2 is 2.00 bits per heavy atom. The predicted octanol–water partition coefficient (Wildman–Crippen LogP) is 0.579. The summed E-state index contributed by atoms with van der Waals surface area (Å²) in [4.78, 5) is 34.2. The summed E-state index contributed by atoms with van der Waals surface area (Å²) in [5.41, 5.74) is 1.07. The lowest BCUT2D eigenvalue weighted by Crippen LogP contribution is -2.42. The van der Waals surface area contributed by atoms with Gasteiger partial charge in [0.05, 0.1) is 20.1 Å². The van der Waals surface area contributed by atoms with Crippen molar-refractivity contribution in [3.63, 3.8) is 0 Å². The Balaban J connectivity index is 2.79. The zero-order valence-electron chi connectivity index (χ0n) is 11.8. The van der Waals surface area contributed by atoms with Crippen molar-refractivity contribution < 1.29 is 29.0 Å². The third-order valence-electron chi connectivity index (χ3n) is 2.70. The van der Waals surface area contributed by atoms with Crippen LogP contribution < -0.4 is 5.32 Å². The number of hydrogen-bond acceptors (Lipinski definition) is 5. The van der Waals surface area contributed by atoms with Crippen molar-refractivity contribution in [2.45, 2.75) is 19.1 Å². The van der Waals surface area contributed by atoms with Crippen molar-refractivity contribution in [1.29, 1.82) is 0 Å². The number of rotatable bonds is 7. The van der Waals surface area contributed by atoms with Crippen molar-refractivity contribution in [3.05, 3.63) is 35.4 Å². The second-order valence-corrected chi connectivity index (χ2v) is 4.28. The van der Waals surface area contributed by atoms with Gasteiger partial charge in [-0.2, -0.15) is 0 Å². The van der Waals surface area contributed by atoms with Gasteiger partial charge >= 0.3 is 11.9 Å². The lowest BCUT2D eigenvalue weighted by atomic mass is 10.1. The number of hydrogen-bond donors (Lipinski definition) is 2. The lowest BCUT2D eigenvalue weighted by Gasteiger charge is -2.13. The van der Waals surface area contributed by atoms with Crippen molar-refractivity contribution in [1.82, 2.24) is 5.32 Å². The normalized spacial score (nSPS) is 11.5. The standard InChI is InChI=1S/C14H17NO6/c1-20-8-9-4-3-5-10(6-9)13(17)15-11(14(18)19)7-12(16)21-2/h3-6,11H,7-8H2,1-2H3,(H,15,17)(H,18,19)/t11-/m0/s1. The number of nitrogens with one attached hydrogen (secondary N) is 1. The van der Waals surface area contributed by atoms with E-state index >= 15 is 0 Å². The summed E-state index contributed by atoms with van der Waals surface area (Å²) >= 11 is 0. The van der Waals surface area contributed by atoms with E-state index in [1.807, 2.05) is 0 Å². The smallest absolute Gasteiger partial charge is 0.326 e.